The minimum Gasteiger partial charge on any atom is -0.310 e. The molecule has 3 aromatic carbocycles. The van der Waals surface area contributed by atoms with E-state index in [0.717, 1.165) is 0 Å². The van der Waals surface area contributed by atoms with Crippen molar-refractivity contribution in [3.8, 4) is 11.1 Å². The van der Waals surface area contributed by atoms with Gasteiger partial charge in [0, 0.05) is 26.4 Å². The second-order valence-electron chi connectivity index (χ2n) is 7.66. The zero-order chi connectivity index (χ0) is 21.2. The molecule has 31 heavy (non-hydrogen) atoms. The van der Waals surface area contributed by atoms with Gasteiger partial charge in [-0.05, 0) is 55.8 Å². The third-order valence-electron chi connectivity index (χ3n) is 5.29. The topological polar surface area (TPSA) is 4.41 Å². The fourth-order valence-electron chi connectivity index (χ4n) is 3.66. The zero-order valence-corrected chi connectivity index (χ0v) is 19.2. The minimum absolute atomic E-state index is 1.24. The largest absolute Gasteiger partial charge is 0.310 e. The van der Waals surface area contributed by atoms with Crippen LogP contribution >= 0.6 is 23.5 Å². The van der Waals surface area contributed by atoms with Gasteiger partial charge in [0.15, 0.2) is 0 Å². The molecule has 5 rings (SSSR count). The van der Waals surface area contributed by atoms with Crippen molar-refractivity contribution in [1.29, 1.82) is 0 Å². The van der Waals surface area contributed by atoms with Gasteiger partial charge in [0.25, 0.3) is 0 Å². The highest BCUT2D eigenvalue weighted by atomic mass is 32.2. The number of benzene rings is 3. The van der Waals surface area contributed by atoms with Crippen molar-refractivity contribution in [3.05, 3.63) is 114 Å². The SMILES string of the molecule is Cc1ccc(Sc2c(-c3ccccc3)c(Sc3ccc(C)cc3)n3ccccc23)cc1. The average molecular weight is 438 g/mol. The van der Waals surface area contributed by atoms with E-state index in [0.29, 0.717) is 0 Å². The summed E-state index contributed by atoms with van der Waals surface area (Å²) >= 11 is 3.68. The number of aryl methyl sites for hydroxylation is 2. The van der Waals surface area contributed by atoms with Crippen LogP contribution in [0.25, 0.3) is 16.6 Å². The third-order valence-corrected chi connectivity index (χ3v) is 7.52. The van der Waals surface area contributed by atoms with Crippen molar-refractivity contribution < 1.29 is 0 Å². The van der Waals surface area contributed by atoms with Crippen LogP contribution in [0.5, 0.6) is 0 Å². The van der Waals surface area contributed by atoms with E-state index >= 15 is 0 Å². The molecule has 0 amide bonds. The van der Waals surface area contributed by atoms with Crippen LogP contribution in [0.3, 0.4) is 0 Å². The fraction of sp³-hybridized carbons (Fsp3) is 0.0714. The summed E-state index contributed by atoms with van der Waals surface area (Å²) in [6.07, 6.45) is 2.18. The molecule has 0 aliphatic carbocycles. The number of hydrogen-bond donors (Lipinski definition) is 0. The van der Waals surface area contributed by atoms with Crippen LogP contribution in [0.15, 0.2) is 123 Å². The summed E-state index contributed by atoms with van der Waals surface area (Å²) in [4.78, 5) is 3.80. The van der Waals surface area contributed by atoms with Gasteiger partial charge in [0.05, 0.1) is 10.5 Å². The Hall–Kier alpha value is -2.88. The Balaban J connectivity index is 1.72. The summed E-state index contributed by atoms with van der Waals surface area (Å²) in [5.74, 6) is 0. The molecule has 1 nitrogen and oxygen atoms in total. The number of fused-ring (bicyclic) bond motifs is 1. The minimum atomic E-state index is 1.24. The average Bonchev–Trinajstić information content (AvgIpc) is 3.10. The summed E-state index contributed by atoms with van der Waals surface area (Å²) in [6, 6.07) is 34.8. The maximum absolute atomic E-state index is 2.34. The quantitative estimate of drug-likeness (QED) is 0.271. The molecule has 0 saturated carbocycles. The highest BCUT2D eigenvalue weighted by Gasteiger charge is 2.21. The Morgan fingerprint density at radius 2 is 1.16 bits per heavy atom. The highest BCUT2D eigenvalue weighted by molar-refractivity contribution is 8.00. The molecular weight excluding hydrogens is 414 g/mol. The van der Waals surface area contributed by atoms with Crippen LogP contribution in [-0.2, 0) is 0 Å². The van der Waals surface area contributed by atoms with E-state index < -0.39 is 0 Å². The van der Waals surface area contributed by atoms with Crippen LogP contribution in [-0.4, -0.2) is 4.40 Å². The summed E-state index contributed by atoms with van der Waals surface area (Å²) in [5.41, 5.74) is 6.34. The Labute approximate surface area is 192 Å². The summed E-state index contributed by atoms with van der Waals surface area (Å²) in [5, 5.41) is 1.25. The molecule has 0 aliphatic heterocycles. The van der Waals surface area contributed by atoms with E-state index in [1.165, 1.54) is 47.5 Å². The highest BCUT2D eigenvalue weighted by Crippen LogP contribution is 2.47. The molecule has 0 atom stereocenters. The maximum atomic E-state index is 2.34. The lowest BCUT2D eigenvalue weighted by Gasteiger charge is -2.09. The van der Waals surface area contributed by atoms with Crippen LogP contribution in [0.2, 0.25) is 0 Å². The van der Waals surface area contributed by atoms with Gasteiger partial charge in [-0.2, -0.15) is 0 Å². The fourth-order valence-corrected chi connectivity index (χ4v) is 5.89. The van der Waals surface area contributed by atoms with Gasteiger partial charge in [-0.25, -0.2) is 0 Å². The van der Waals surface area contributed by atoms with Gasteiger partial charge < -0.3 is 4.40 Å². The molecule has 0 fully saturated rings. The molecule has 0 unspecified atom stereocenters. The molecule has 5 aromatic rings. The molecule has 3 heteroatoms. The first-order chi connectivity index (χ1) is 15.2. The predicted molar refractivity (Wildman–Crippen MR) is 133 cm³/mol. The smallest absolute Gasteiger partial charge is 0.0934 e. The van der Waals surface area contributed by atoms with E-state index in [1.54, 1.807) is 0 Å². The van der Waals surface area contributed by atoms with Crippen molar-refractivity contribution in [2.75, 3.05) is 0 Å². The Kier molecular flexibility index (Phi) is 5.63. The number of pyridine rings is 1. The van der Waals surface area contributed by atoms with Crippen molar-refractivity contribution in [1.82, 2.24) is 4.40 Å². The lowest BCUT2D eigenvalue weighted by Crippen LogP contribution is -1.86. The normalized spacial score (nSPS) is 11.2. The first kappa shape index (κ1) is 20.0. The second-order valence-corrected chi connectivity index (χ2v) is 9.81. The molecule has 0 aliphatic rings. The molecule has 0 N–H and O–H groups in total. The van der Waals surface area contributed by atoms with Crippen LogP contribution in [0.1, 0.15) is 11.1 Å². The van der Waals surface area contributed by atoms with Gasteiger partial charge in [-0.15, -0.1) is 0 Å². The van der Waals surface area contributed by atoms with Crippen LogP contribution in [0.4, 0.5) is 0 Å². The van der Waals surface area contributed by atoms with Crippen molar-refractivity contribution in [2.45, 2.75) is 33.6 Å². The van der Waals surface area contributed by atoms with E-state index in [4.69, 9.17) is 0 Å². The molecular formula is C28H23NS2. The Morgan fingerprint density at radius 1 is 0.581 bits per heavy atom. The number of hydrogen-bond acceptors (Lipinski definition) is 2. The van der Waals surface area contributed by atoms with Gasteiger partial charge in [-0.3, -0.25) is 0 Å². The lowest BCUT2D eigenvalue weighted by atomic mass is 10.1. The van der Waals surface area contributed by atoms with E-state index in [2.05, 4.69) is 122 Å². The molecule has 2 aromatic heterocycles. The summed E-state index contributed by atoms with van der Waals surface area (Å²) in [6.45, 7) is 4.26. The van der Waals surface area contributed by atoms with E-state index in [9.17, 15) is 0 Å². The van der Waals surface area contributed by atoms with Gasteiger partial charge in [0.1, 0.15) is 0 Å². The summed E-state index contributed by atoms with van der Waals surface area (Å²) in [7, 11) is 0. The first-order valence-corrected chi connectivity index (χ1v) is 12.0. The molecule has 0 spiro atoms. The molecule has 0 bridgehead atoms. The monoisotopic (exact) mass is 437 g/mol. The van der Waals surface area contributed by atoms with Gasteiger partial charge in [0.2, 0.25) is 0 Å². The lowest BCUT2D eigenvalue weighted by molar-refractivity contribution is 1.05. The molecule has 152 valence electrons. The van der Waals surface area contributed by atoms with Gasteiger partial charge >= 0.3 is 0 Å². The van der Waals surface area contributed by atoms with E-state index in [1.807, 2.05) is 23.5 Å². The van der Waals surface area contributed by atoms with Crippen LogP contribution < -0.4 is 0 Å². The standard InChI is InChI=1S/C28H23NS2/c1-20-11-15-23(16-12-20)30-27-25-10-6-7-19-29(25)28(26(27)22-8-4-3-5-9-22)31-24-17-13-21(2)14-18-24/h3-19H,1-2H3. The van der Waals surface area contributed by atoms with Gasteiger partial charge in [-0.1, -0.05) is 95.3 Å². The third kappa shape index (κ3) is 4.16. The van der Waals surface area contributed by atoms with Crippen molar-refractivity contribution >= 4 is 29.0 Å². The molecule has 0 radical (unpaired) electrons. The predicted octanol–water partition coefficient (Wildman–Crippen LogP) is 8.53. The first-order valence-electron chi connectivity index (χ1n) is 10.4. The Bertz CT molecular complexity index is 1230. The molecule has 0 saturated heterocycles. The molecule has 2 heterocycles. The summed E-state index contributed by atoms with van der Waals surface area (Å²) < 4.78 is 2.34. The van der Waals surface area contributed by atoms with Crippen LogP contribution in [0, 0.1) is 13.8 Å². The maximum Gasteiger partial charge on any atom is 0.0934 e. The van der Waals surface area contributed by atoms with E-state index in [-0.39, 0.29) is 0 Å². The zero-order valence-electron chi connectivity index (χ0n) is 17.6. The number of aromatic nitrogens is 1. The number of rotatable bonds is 5. The Morgan fingerprint density at radius 3 is 1.81 bits per heavy atom. The van der Waals surface area contributed by atoms with Crippen molar-refractivity contribution in [2.24, 2.45) is 0 Å². The second kappa shape index (κ2) is 8.70. The number of nitrogens with zero attached hydrogens (tertiary/aromatic N) is 1. The van der Waals surface area contributed by atoms with Crippen molar-refractivity contribution in [3.63, 3.8) is 0 Å².